The molecule has 2 atom stereocenters. The fourth-order valence-electron chi connectivity index (χ4n) is 1.77. The highest BCUT2D eigenvalue weighted by Gasteiger charge is 2.27. The number of esters is 1. The molecule has 3 heteroatoms. The lowest BCUT2D eigenvalue weighted by Crippen LogP contribution is -2.34. The summed E-state index contributed by atoms with van der Waals surface area (Å²) in [6.45, 7) is 2.18. The van der Waals surface area contributed by atoms with Crippen LogP contribution in [0.5, 0.6) is 0 Å². The van der Waals surface area contributed by atoms with Crippen LogP contribution in [-0.2, 0) is 9.53 Å². The highest BCUT2D eigenvalue weighted by Crippen LogP contribution is 2.19. The molecular formula is C11H20O3. The zero-order chi connectivity index (χ0) is 10.4. The molecule has 14 heavy (non-hydrogen) atoms. The van der Waals surface area contributed by atoms with E-state index in [1.165, 1.54) is 19.3 Å². The molecule has 0 aromatic rings. The monoisotopic (exact) mass is 200 g/mol. The summed E-state index contributed by atoms with van der Waals surface area (Å²) in [5, 5.41) is 9.13. The van der Waals surface area contributed by atoms with Gasteiger partial charge in [-0.2, -0.15) is 0 Å². The van der Waals surface area contributed by atoms with Crippen LogP contribution >= 0.6 is 0 Å². The Morgan fingerprint density at radius 1 is 1.36 bits per heavy atom. The van der Waals surface area contributed by atoms with Gasteiger partial charge in [0.15, 0.2) is 6.10 Å². The molecule has 1 saturated heterocycles. The summed E-state index contributed by atoms with van der Waals surface area (Å²) >= 11 is 0. The van der Waals surface area contributed by atoms with Gasteiger partial charge in [-0.1, -0.05) is 26.2 Å². The third-order valence-electron chi connectivity index (χ3n) is 2.70. The average molecular weight is 200 g/mol. The normalized spacial score (nSPS) is 27.4. The average Bonchev–Trinajstić information content (AvgIpc) is 2.18. The van der Waals surface area contributed by atoms with Crippen molar-refractivity contribution in [2.45, 2.75) is 64.1 Å². The molecule has 0 aliphatic carbocycles. The lowest BCUT2D eigenvalue weighted by Gasteiger charge is -2.25. The first-order valence-corrected chi connectivity index (χ1v) is 5.62. The molecule has 0 unspecified atom stereocenters. The van der Waals surface area contributed by atoms with E-state index in [0.29, 0.717) is 6.42 Å². The van der Waals surface area contributed by atoms with Gasteiger partial charge >= 0.3 is 5.97 Å². The van der Waals surface area contributed by atoms with Crippen LogP contribution < -0.4 is 0 Å². The highest BCUT2D eigenvalue weighted by atomic mass is 16.6. The highest BCUT2D eigenvalue weighted by molar-refractivity contribution is 5.75. The van der Waals surface area contributed by atoms with Crippen LogP contribution in [0.3, 0.4) is 0 Å². The molecule has 0 amide bonds. The fourth-order valence-corrected chi connectivity index (χ4v) is 1.77. The minimum Gasteiger partial charge on any atom is -0.460 e. The Kier molecular flexibility index (Phi) is 4.94. The van der Waals surface area contributed by atoms with Crippen LogP contribution in [-0.4, -0.2) is 23.3 Å². The van der Waals surface area contributed by atoms with Gasteiger partial charge in [0.2, 0.25) is 0 Å². The number of unbranched alkanes of at least 4 members (excludes halogenated alkanes) is 3. The zero-order valence-corrected chi connectivity index (χ0v) is 8.87. The molecule has 1 rings (SSSR count). The molecule has 0 saturated carbocycles. The van der Waals surface area contributed by atoms with Crippen molar-refractivity contribution in [2.24, 2.45) is 0 Å². The number of ether oxygens (including phenoxy) is 1. The number of hydrogen-bond acceptors (Lipinski definition) is 3. The second-order valence-electron chi connectivity index (χ2n) is 4.00. The van der Waals surface area contributed by atoms with E-state index in [1.54, 1.807) is 0 Å². The number of aliphatic hydroxyl groups excluding tert-OH is 1. The molecule has 0 spiro atoms. The fraction of sp³-hybridized carbons (Fsp3) is 0.909. The lowest BCUT2D eigenvalue weighted by atomic mass is 10.0. The summed E-state index contributed by atoms with van der Waals surface area (Å²) in [7, 11) is 0. The summed E-state index contributed by atoms with van der Waals surface area (Å²) in [6, 6.07) is 0. The van der Waals surface area contributed by atoms with Crippen LogP contribution in [0.1, 0.15) is 51.9 Å². The van der Waals surface area contributed by atoms with Gasteiger partial charge < -0.3 is 9.84 Å². The first kappa shape index (κ1) is 11.5. The molecule has 1 aliphatic rings. The Morgan fingerprint density at radius 3 is 2.79 bits per heavy atom. The second kappa shape index (κ2) is 6.02. The van der Waals surface area contributed by atoms with Crippen molar-refractivity contribution in [1.29, 1.82) is 0 Å². The summed E-state index contributed by atoms with van der Waals surface area (Å²) in [4.78, 5) is 11.0. The van der Waals surface area contributed by atoms with Gasteiger partial charge in [0, 0.05) is 0 Å². The summed E-state index contributed by atoms with van der Waals surface area (Å²) in [5.41, 5.74) is 0. The predicted molar refractivity (Wildman–Crippen MR) is 53.9 cm³/mol. The molecule has 0 radical (unpaired) electrons. The van der Waals surface area contributed by atoms with Gasteiger partial charge in [0.05, 0.1) is 0 Å². The molecule has 3 nitrogen and oxygen atoms in total. The number of carbonyl (C=O) groups excluding carboxylic acids is 1. The molecule has 1 aliphatic heterocycles. The second-order valence-corrected chi connectivity index (χ2v) is 4.00. The van der Waals surface area contributed by atoms with Gasteiger partial charge in [0.1, 0.15) is 6.10 Å². The van der Waals surface area contributed by atoms with Crippen molar-refractivity contribution >= 4 is 5.97 Å². The number of rotatable bonds is 5. The van der Waals surface area contributed by atoms with E-state index in [-0.39, 0.29) is 6.10 Å². The molecule has 1 heterocycles. The smallest absolute Gasteiger partial charge is 0.335 e. The molecule has 1 N–H and O–H groups in total. The largest absolute Gasteiger partial charge is 0.460 e. The SMILES string of the molecule is CCCCCC[C@@H]1CC[C@H](O)C(=O)O1. The maximum absolute atomic E-state index is 11.0. The van der Waals surface area contributed by atoms with Gasteiger partial charge in [-0.05, 0) is 25.7 Å². The quantitative estimate of drug-likeness (QED) is 0.545. The Labute approximate surface area is 85.5 Å². The molecule has 0 aromatic carbocycles. The van der Waals surface area contributed by atoms with Crippen LogP contribution in [0.15, 0.2) is 0 Å². The van der Waals surface area contributed by atoms with E-state index in [9.17, 15) is 4.79 Å². The zero-order valence-electron chi connectivity index (χ0n) is 8.87. The van der Waals surface area contributed by atoms with Crippen molar-refractivity contribution in [2.75, 3.05) is 0 Å². The Hall–Kier alpha value is -0.570. The van der Waals surface area contributed by atoms with Crippen LogP contribution in [0.25, 0.3) is 0 Å². The Morgan fingerprint density at radius 2 is 2.14 bits per heavy atom. The number of carbonyl (C=O) groups is 1. The molecule has 0 bridgehead atoms. The predicted octanol–water partition coefficient (Wildman–Crippen LogP) is 2.02. The van der Waals surface area contributed by atoms with Gasteiger partial charge in [0.25, 0.3) is 0 Å². The Bertz CT molecular complexity index is 179. The minimum absolute atomic E-state index is 0.0581. The summed E-state index contributed by atoms with van der Waals surface area (Å²) in [5.74, 6) is -0.434. The first-order valence-electron chi connectivity index (χ1n) is 5.62. The molecule has 1 fully saturated rings. The van der Waals surface area contributed by atoms with Gasteiger partial charge in [-0.25, -0.2) is 4.79 Å². The van der Waals surface area contributed by atoms with E-state index in [0.717, 1.165) is 19.3 Å². The van der Waals surface area contributed by atoms with Crippen molar-refractivity contribution in [3.05, 3.63) is 0 Å². The van der Waals surface area contributed by atoms with Crippen LogP contribution in [0, 0.1) is 0 Å². The van der Waals surface area contributed by atoms with Gasteiger partial charge in [-0.15, -0.1) is 0 Å². The molecule has 0 aromatic heterocycles. The van der Waals surface area contributed by atoms with E-state index >= 15 is 0 Å². The van der Waals surface area contributed by atoms with Crippen LogP contribution in [0.2, 0.25) is 0 Å². The van der Waals surface area contributed by atoms with Crippen LogP contribution in [0.4, 0.5) is 0 Å². The van der Waals surface area contributed by atoms with E-state index in [2.05, 4.69) is 6.92 Å². The first-order chi connectivity index (χ1) is 6.74. The number of cyclic esters (lactones) is 1. The van der Waals surface area contributed by atoms with Crippen molar-refractivity contribution in [3.8, 4) is 0 Å². The third kappa shape index (κ3) is 3.66. The lowest BCUT2D eigenvalue weighted by molar-refractivity contribution is -0.167. The molecule has 82 valence electrons. The Balaban J connectivity index is 2.11. The van der Waals surface area contributed by atoms with Crippen molar-refractivity contribution < 1.29 is 14.6 Å². The third-order valence-corrected chi connectivity index (χ3v) is 2.70. The summed E-state index contributed by atoms with van der Waals surface area (Å²) < 4.78 is 5.09. The maximum atomic E-state index is 11.0. The van der Waals surface area contributed by atoms with E-state index in [1.807, 2.05) is 0 Å². The topological polar surface area (TPSA) is 46.5 Å². The van der Waals surface area contributed by atoms with E-state index in [4.69, 9.17) is 9.84 Å². The van der Waals surface area contributed by atoms with Crippen molar-refractivity contribution in [3.63, 3.8) is 0 Å². The van der Waals surface area contributed by atoms with Crippen molar-refractivity contribution in [1.82, 2.24) is 0 Å². The standard InChI is InChI=1S/C11H20O3/c1-2-3-4-5-6-9-7-8-10(12)11(13)14-9/h9-10,12H,2-8H2,1H3/t9-,10+/m1/s1. The minimum atomic E-state index is -0.873. The molecular weight excluding hydrogens is 180 g/mol. The summed E-state index contributed by atoms with van der Waals surface area (Å²) in [6.07, 6.45) is 6.35. The van der Waals surface area contributed by atoms with E-state index < -0.39 is 12.1 Å². The number of aliphatic hydroxyl groups is 1. The number of hydrogen-bond donors (Lipinski definition) is 1. The van der Waals surface area contributed by atoms with Gasteiger partial charge in [-0.3, -0.25) is 0 Å². The maximum Gasteiger partial charge on any atom is 0.335 e.